The molecule has 112 valence electrons. The van der Waals surface area contributed by atoms with Crippen LogP contribution in [0.5, 0.6) is 5.75 Å². The average molecular weight is 319 g/mol. The summed E-state index contributed by atoms with van der Waals surface area (Å²) in [6.07, 6.45) is 0. The molecular weight excluding hydrogens is 308 g/mol. The number of hydrogen-bond donors (Lipinski definition) is 1. The van der Waals surface area contributed by atoms with E-state index in [-0.39, 0.29) is 16.3 Å². The molecule has 0 unspecified atom stereocenters. The van der Waals surface area contributed by atoms with Gasteiger partial charge in [-0.2, -0.15) is 0 Å². The Hall–Kier alpha value is -2.67. The van der Waals surface area contributed by atoms with Crippen molar-refractivity contribution in [1.82, 2.24) is 19.5 Å². The van der Waals surface area contributed by atoms with E-state index in [9.17, 15) is 9.59 Å². The van der Waals surface area contributed by atoms with Gasteiger partial charge in [-0.05, 0) is 24.3 Å². The molecule has 0 aliphatic heterocycles. The largest absolute Gasteiger partial charge is 0.497 e. The maximum absolute atomic E-state index is 11.9. The number of nitrogens with zero attached hydrogens (tertiary/aromatic N) is 3. The molecule has 22 heavy (non-hydrogen) atoms. The molecule has 0 saturated carbocycles. The second-order valence-corrected chi connectivity index (χ2v) is 4.94. The zero-order chi connectivity index (χ0) is 15.9. The molecule has 2 heterocycles. The monoisotopic (exact) mass is 318 g/mol. The fourth-order valence-electron chi connectivity index (χ4n) is 2.06. The lowest BCUT2D eigenvalue weighted by atomic mass is 10.1. The summed E-state index contributed by atoms with van der Waals surface area (Å²) >= 11 is 6.16. The summed E-state index contributed by atoms with van der Waals surface area (Å²) < 4.78 is 6.28. The van der Waals surface area contributed by atoms with Crippen molar-refractivity contribution in [2.24, 2.45) is 7.05 Å². The van der Waals surface area contributed by atoms with Crippen LogP contribution < -0.4 is 16.0 Å². The first kappa shape index (κ1) is 14.3. The number of fused-ring (bicyclic) bond motifs is 1. The number of hydrogen-bond acceptors (Lipinski definition) is 5. The van der Waals surface area contributed by atoms with Crippen LogP contribution in [0, 0.1) is 0 Å². The molecule has 0 amide bonds. The summed E-state index contributed by atoms with van der Waals surface area (Å²) in [6.45, 7) is 0. The number of ether oxygens (including phenoxy) is 1. The molecule has 0 saturated heterocycles. The van der Waals surface area contributed by atoms with Gasteiger partial charge in [0, 0.05) is 12.6 Å². The van der Waals surface area contributed by atoms with Crippen molar-refractivity contribution in [3.05, 3.63) is 50.3 Å². The van der Waals surface area contributed by atoms with Crippen molar-refractivity contribution in [2.45, 2.75) is 0 Å². The molecule has 7 nitrogen and oxygen atoms in total. The highest BCUT2D eigenvalue weighted by Crippen LogP contribution is 2.27. The number of methoxy groups -OCH3 is 1. The van der Waals surface area contributed by atoms with Crippen molar-refractivity contribution < 1.29 is 4.74 Å². The smallest absolute Gasteiger partial charge is 0.329 e. The lowest BCUT2D eigenvalue weighted by molar-refractivity contribution is 0.415. The maximum atomic E-state index is 11.9. The Kier molecular flexibility index (Phi) is 3.42. The quantitative estimate of drug-likeness (QED) is 0.770. The molecule has 8 heteroatoms. The van der Waals surface area contributed by atoms with Crippen LogP contribution in [0.15, 0.2) is 33.9 Å². The van der Waals surface area contributed by atoms with Crippen molar-refractivity contribution in [1.29, 1.82) is 0 Å². The average Bonchev–Trinajstić information content (AvgIpc) is 2.52. The molecular formula is C14H11ClN4O3. The molecule has 2 aromatic heterocycles. The minimum absolute atomic E-state index is 0.0531. The topological polar surface area (TPSA) is 89.9 Å². The van der Waals surface area contributed by atoms with Crippen LogP contribution in [0.25, 0.3) is 22.4 Å². The summed E-state index contributed by atoms with van der Waals surface area (Å²) in [7, 11) is 3.05. The number of H-pyrrole nitrogens is 1. The zero-order valence-electron chi connectivity index (χ0n) is 11.8. The van der Waals surface area contributed by atoms with Crippen LogP contribution in [-0.4, -0.2) is 26.6 Å². The Balaban J connectivity index is 2.29. The number of benzene rings is 1. The van der Waals surface area contributed by atoms with Gasteiger partial charge in [0.05, 0.1) is 7.11 Å². The molecule has 0 atom stereocenters. The zero-order valence-corrected chi connectivity index (χ0v) is 12.5. The second kappa shape index (κ2) is 5.27. The van der Waals surface area contributed by atoms with Gasteiger partial charge in [0.1, 0.15) is 11.4 Å². The molecule has 0 aliphatic rings. The van der Waals surface area contributed by atoms with Gasteiger partial charge in [-0.15, -0.1) is 0 Å². The van der Waals surface area contributed by atoms with Gasteiger partial charge in [0.25, 0.3) is 5.56 Å². The molecule has 3 rings (SSSR count). The van der Waals surface area contributed by atoms with E-state index in [2.05, 4.69) is 15.0 Å². The summed E-state index contributed by atoms with van der Waals surface area (Å²) in [5, 5.41) is 0.110. The van der Waals surface area contributed by atoms with Gasteiger partial charge >= 0.3 is 5.69 Å². The van der Waals surface area contributed by atoms with Gasteiger partial charge < -0.3 is 4.74 Å². The Morgan fingerprint density at radius 1 is 1.18 bits per heavy atom. The van der Waals surface area contributed by atoms with E-state index in [0.717, 1.165) is 0 Å². The fourth-order valence-corrected chi connectivity index (χ4v) is 2.29. The Bertz CT molecular complexity index is 976. The van der Waals surface area contributed by atoms with Gasteiger partial charge in [-0.1, -0.05) is 11.6 Å². The van der Waals surface area contributed by atoms with Gasteiger partial charge in [-0.25, -0.2) is 14.8 Å². The van der Waals surface area contributed by atoms with E-state index < -0.39 is 11.2 Å². The summed E-state index contributed by atoms with van der Waals surface area (Å²) in [4.78, 5) is 34.1. The van der Waals surface area contributed by atoms with Gasteiger partial charge in [0.15, 0.2) is 16.3 Å². The summed E-state index contributed by atoms with van der Waals surface area (Å²) in [5.74, 6) is 0.689. The number of rotatable bonds is 2. The predicted molar refractivity (Wildman–Crippen MR) is 82.4 cm³/mol. The Morgan fingerprint density at radius 2 is 1.86 bits per heavy atom. The van der Waals surface area contributed by atoms with Crippen molar-refractivity contribution >= 4 is 22.8 Å². The number of aromatic nitrogens is 4. The standard InChI is InChI=1S/C14H11ClN4O3/c1-19-12-10(13(20)18-14(19)21)16-9(11(15)17-12)7-3-5-8(22-2)6-4-7/h3-6H,1-2H3,(H,18,20,21). The lowest BCUT2D eigenvalue weighted by Crippen LogP contribution is -2.29. The minimum atomic E-state index is -0.600. The van der Waals surface area contributed by atoms with E-state index in [1.54, 1.807) is 31.4 Å². The Labute approximate surface area is 129 Å². The third kappa shape index (κ3) is 2.25. The Morgan fingerprint density at radius 3 is 2.50 bits per heavy atom. The molecule has 1 aromatic carbocycles. The van der Waals surface area contributed by atoms with Gasteiger partial charge in [-0.3, -0.25) is 14.3 Å². The van der Waals surface area contributed by atoms with Crippen LogP contribution in [0.3, 0.4) is 0 Å². The minimum Gasteiger partial charge on any atom is -0.497 e. The van der Waals surface area contributed by atoms with Crippen LogP contribution >= 0.6 is 11.6 Å². The number of halogens is 1. The molecule has 0 aliphatic carbocycles. The predicted octanol–water partition coefficient (Wildman–Crippen LogP) is 1.35. The third-order valence-electron chi connectivity index (χ3n) is 3.26. The molecule has 0 spiro atoms. The normalized spacial score (nSPS) is 10.9. The van der Waals surface area contributed by atoms with E-state index in [1.807, 2.05) is 0 Å². The molecule has 3 aromatic rings. The lowest BCUT2D eigenvalue weighted by Gasteiger charge is -2.07. The number of aryl methyl sites for hydroxylation is 1. The maximum Gasteiger partial charge on any atom is 0.329 e. The van der Waals surface area contributed by atoms with Crippen LogP contribution in [0.2, 0.25) is 5.15 Å². The molecule has 0 radical (unpaired) electrons. The van der Waals surface area contributed by atoms with Crippen LogP contribution in [0.1, 0.15) is 0 Å². The van der Waals surface area contributed by atoms with Crippen LogP contribution in [-0.2, 0) is 7.05 Å². The van der Waals surface area contributed by atoms with Gasteiger partial charge in [0.2, 0.25) is 0 Å². The highest BCUT2D eigenvalue weighted by Gasteiger charge is 2.14. The second-order valence-electron chi connectivity index (χ2n) is 4.58. The van der Waals surface area contributed by atoms with E-state index >= 15 is 0 Å². The van der Waals surface area contributed by atoms with Crippen LogP contribution in [0.4, 0.5) is 0 Å². The highest BCUT2D eigenvalue weighted by atomic mass is 35.5. The van der Waals surface area contributed by atoms with Crippen molar-refractivity contribution in [3.63, 3.8) is 0 Å². The van der Waals surface area contributed by atoms with Crippen molar-refractivity contribution in [2.75, 3.05) is 7.11 Å². The van der Waals surface area contributed by atoms with E-state index in [0.29, 0.717) is 17.0 Å². The summed E-state index contributed by atoms with van der Waals surface area (Å²) in [6, 6.07) is 7.03. The first-order chi connectivity index (χ1) is 10.5. The third-order valence-corrected chi connectivity index (χ3v) is 3.52. The summed E-state index contributed by atoms with van der Waals surface area (Å²) in [5.41, 5.74) is 0.0693. The number of aromatic amines is 1. The van der Waals surface area contributed by atoms with Crippen molar-refractivity contribution in [3.8, 4) is 17.0 Å². The van der Waals surface area contributed by atoms with E-state index in [4.69, 9.17) is 16.3 Å². The molecule has 0 fully saturated rings. The van der Waals surface area contributed by atoms with E-state index in [1.165, 1.54) is 11.6 Å². The molecule has 0 bridgehead atoms. The number of nitrogens with one attached hydrogen (secondary N) is 1. The highest BCUT2D eigenvalue weighted by molar-refractivity contribution is 6.32. The first-order valence-electron chi connectivity index (χ1n) is 6.32. The molecule has 1 N–H and O–H groups in total. The fraction of sp³-hybridized carbons (Fsp3) is 0.143. The SMILES string of the molecule is COc1ccc(-c2nc3c(=O)[nH]c(=O)n(C)c3nc2Cl)cc1. The first-order valence-corrected chi connectivity index (χ1v) is 6.70.